The lowest BCUT2D eigenvalue weighted by molar-refractivity contribution is -0.136. The highest BCUT2D eigenvalue weighted by Crippen LogP contribution is 2.36. The minimum Gasteiger partial charge on any atom is -0.399 e. The minimum atomic E-state index is -4.38. The highest BCUT2D eigenvalue weighted by Gasteiger charge is 2.33. The molecule has 0 atom stereocenters. The van der Waals surface area contributed by atoms with Gasteiger partial charge in [0.05, 0.1) is 5.56 Å². The summed E-state index contributed by atoms with van der Waals surface area (Å²) >= 11 is 0. The SMILES string of the molecule is CC(C)Nc1ccc(N)cc1C(F)(F)F. The Bertz CT molecular complexity index is 345. The van der Waals surface area contributed by atoms with Crippen LogP contribution in [0, 0.1) is 0 Å². The first-order chi connectivity index (χ1) is 6.80. The van der Waals surface area contributed by atoms with Crippen molar-refractivity contribution in [2.45, 2.75) is 26.1 Å². The maximum atomic E-state index is 12.6. The lowest BCUT2D eigenvalue weighted by atomic mass is 10.1. The van der Waals surface area contributed by atoms with Gasteiger partial charge in [0.1, 0.15) is 0 Å². The van der Waals surface area contributed by atoms with Gasteiger partial charge in [0.2, 0.25) is 0 Å². The summed E-state index contributed by atoms with van der Waals surface area (Å²) in [7, 11) is 0. The largest absolute Gasteiger partial charge is 0.418 e. The van der Waals surface area contributed by atoms with Gasteiger partial charge in [0, 0.05) is 17.4 Å². The fourth-order valence-corrected chi connectivity index (χ4v) is 1.23. The van der Waals surface area contributed by atoms with Gasteiger partial charge in [-0.15, -0.1) is 0 Å². The van der Waals surface area contributed by atoms with Crippen LogP contribution in [-0.2, 0) is 6.18 Å². The van der Waals surface area contributed by atoms with Crippen LogP contribution in [0.2, 0.25) is 0 Å². The van der Waals surface area contributed by atoms with Crippen LogP contribution in [0.5, 0.6) is 0 Å². The summed E-state index contributed by atoms with van der Waals surface area (Å²) in [6.45, 7) is 3.55. The number of hydrogen-bond donors (Lipinski definition) is 2. The number of alkyl halides is 3. The molecule has 1 rings (SSSR count). The lowest BCUT2D eigenvalue weighted by Crippen LogP contribution is -2.16. The molecule has 3 N–H and O–H groups in total. The van der Waals surface area contributed by atoms with Gasteiger partial charge in [-0.3, -0.25) is 0 Å². The molecule has 2 nitrogen and oxygen atoms in total. The zero-order valence-electron chi connectivity index (χ0n) is 8.52. The number of anilines is 2. The van der Waals surface area contributed by atoms with E-state index in [1.165, 1.54) is 12.1 Å². The smallest absolute Gasteiger partial charge is 0.399 e. The standard InChI is InChI=1S/C10H13F3N2/c1-6(2)15-9-4-3-7(14)5-8(9)10(11,12)13/h3-6,15H,14H2,1-2H3. The summed E-state index contributed by atoms with van der Waals surface area (Å²) in [5.74, 6) is 0. The van der Waals surface area contributed by atoms with Crippen LogP contribution < -0.4 is 11.1 Å². The molecule has 0 unspecified atom stereocenters. The van der Waals surface area contributed by atoms with E-state index in [9.17, 15) is 13.2 Å². The number of benzene rings is 1. The molecular weight excluding hydrogens is 205 g/mol. The van der Waals surface area contributed by atoms with Gasteiger partial charge in [-0.2, -0.15) is 13.2 Å². The fourth-order valence-electron chi connectivity index (χ4n) is 1.23. The van der Waals surface area contributed by atoms with E-state index in [4.69, 9.17) is 5.73 Å². The second kappa shape index (κ2) is 4.00. The van der Waals surface area contributed by atoms with E-state index < -0.39 is 11.7 Å². The zero-order chi connectivity index (χ0) is 11.6. The van der Waals surface area contributed by atoms with E-state index in [-0.39, 0.29) is 17.4 Å². The Labute approximate surface area is 86.3 Å². The van der Waals surface area contributed by atoms with Crippen LogP contribution in [0.4, 0.5) is 24.5 Å². The molecular formula is C10H13F3N2. The molecule has 0 aliphatic rings. The van der Waals surface area contributed by atoms with E-state index in [1.54, 1.807) is 13.8 Å². The van der Waals surface area contributed by atoms with E-state index >= 15 is 0 Å². The van der Waals surface area contributed by atoms with Gasteiger partial charge in [0.15, 0.2) is 0 Å². The quantitative estimate of drug-likeness (QED) is 0.748. The minimum absolute atomic E-state index is 0.0604. The number of halogens is 3. The molecule has 0 saturated heterocycles. The van der Waals surface area contributed by atoms with E-state index in [0.29, 0.717) is 0 Å². The van der Waals surface area contributed by atoms with Crippen molar-refractivity contribution in [3.8, 4) is 0 Å². The van der Waals surface area contributed by atoms with Gasteiger partial charge in [0.25, 0.3) is 0 Å². The summed E-state index contributed by atoms with van der Waals surface area (Å²) in [5, 5.41) is 2.73. The van der Waals surface area contributed by atoms with E-state index in [1.807, 2.05) is 0 Å². The molecule has 0 saturated carbocycles. The summed E-state index contributed by atoms with van der Waals surface area (Å²) in [6.07, 6.45) is -4.38. The van der Waals surface area contributed by atoms with Gasteiger partial charge >= 0.3 is 6.18 Å². The van der Waals surface area contributed by atoms with E-state index in [2.05, 4.69) is 5.32 Å². The number of nitrogens with one attached hydrogen (secondary N) is 1. The molecule has 0 aliphatic carbocycles. The lowest BCUT2D eigenvalue weighted by Gasteiger charge is -2.17. The third kappa shape index (κ3) is 3.04. The van der Waals surface area contributed by atoms with Gasteiger partial charge < -0.3 is 11.1 Å². The topological polar surface area (TPSA) is 38.0 Å². The number of nitrogens with two attached hydrogens (primary N) is 1. The fraction of sp³-hybridized carbons (Fsp3) is 0.400. The molecule has 0 fully saturated rings. The highest BCUT2D eigenvalue weighted by molar-refractivity contribution is 5.59. The highest BCUT2D eigenvalue weighted by atomic mass is 19.4. The monoisotopic (exact) mass is 218 g/mol. The first-order valence-corrected chi connectivity index (χ1v) is 4.54. The molecule has 0 bridgehead atoms. The molecule has 0 amide bonds. The Hall–Kier alpha value is -1.39. The summed E-state index contributed by atoms with van der Waals surface area (Å²) < 4.78 is 37.7. The Morgan fingerprint density at radius 2 is 1.87 bits per heavy atom. The Kier molecular flexibility index (Phi) is 3.12. The van der Waals surface area contributed by atoms with Crippen LogP contribution in [0.1, 0.15) is 19.4 Å². The Morgan fingerprint density at radius 3 is 2.33 bits per heavy atom. The molecule has 1 aromatic rings. The summed E-state index contributed by atoms with van der Waals surface area (Å²) in [4.78, 5) is 0. The average molecular weight is 218 g/mol. The predicted octanol–water partition coefficient (Wildman–Crippen LogP) is 3.11. The second-order valence-corrected chi connectivity index (χ2v) is 3.60. The molecule has 0 radical (unpaired) electrons. The molecule has 0 aromatic heterocycles. The van der Waals surface area contributed by atoms with Crippen molar-refractivity contribution in [2.24, 2.45) is 0 Å². The Morgan fingerprint density at radius 1 is 1.27 bits per heavy atom. The van der Waals surface area contributed by atoms with Gasteiger partial charge in [-0.05, 0) is 32.0 Å². The van der Waals surface area contributed by atoms with Crippen LogP contribution >= 0.6 is 0 Å². The van der Waals surface area contributed by atoms with Crippen molar-refractivity contribution in [3.05, 3.63) is 23.8 Å². The van der Waals surface area contributed by atoms with Crippen molar-refractivity contribution in [2.75, 3.05) is 11.1 Å². The number of hydrogen-bond acceptors (Lipinski definition) is 2. The van der Waals surface area contributed by atoms with Crippen LogP contribution in [0.3, 0.4) is 0 Å². The molecule has 0 aliphatic heterocycles. The van der Waals surface area contributed by atoms with Crippen LogP contribution in [-0.4, -0.2) is 6.04 Å². The molecule has 84 valence electrons. The van der Waals surface area contributed by atoms with Gasteiger partial charge in [-0.25, -0.2) is 0 Å². The third-order valence-corrected chi connectivity index (χ3v) is 1.79. The number of rotatable bonds is 2. The second-order valence-electron chi connectivity index (χ2n) is 3.60. The summed E-state index contributed by atoms with van der Waals surface area (Å²) in [5.41, 5.74) is 4.77. The Balaban J connectivity index is 3.15. The van der Waals surface area contributed by atoms with Crippen molar-refractivity contribution in [1.29, 1.82) is 0 Å². The normalized spacial score (nSPS) is 11.9. The molecule has 0 heterocycles. The molecule has 1 aromatic carbocycles. The van der Waals surface area contributed by atoms with Crippen molar-refractivity contribution in [1.82, 2.24) is 0 Å². The van der Waals surface area contributed by atoms with Crippen molar-refractivity contribution < 1.29 is 13.2 Å². The maximum absolute atomic E-state index is 12.6. The predicted molar refractivity (Wildman–Crippen MR) is 54.6 cm³/mol. The molecule has 0 spiro atoms. The van der Waals surface area contributed by atoms with E-state index in [0.717, 1.165) is 6.07 Å². The first-order valence-electron chi connectivity index (χ1n) is 4.54. The third-order valence-electron chi connectivity index (χ3n) is 1.79. The number of nitrogen functional groups attached to an aromatic ring is 1. The average Bonchev–Trinajstić information content (AvgIpc) is 2.05. The summed E-state index contributed by atoms with van der Waals surface area (Å²) in [6, 6.07) is 3.66. The molecule has 5 heteroatoms. The van der Waals surface area contributed by atoms with Crippen molar-refractivity contribution in [3.63, 3.8) is 0 Å². The van der Waals surface area contributed by atoms with Crippen molar-refractivity contribution >= 4 is 11.4 Å². The van der Waals surface area contributed by atoms with Crippen LogP contribution in [0.25, 0.3) is 0 Å². The van der Waals surface area contributed by atoms with Gasteiger partial charge in [-0.1, -0.05) is 0 Å². The zero-order valence-corrected chi connectivity index (χ0v) is 8.52. The molecule has 15 heavy (non-hydrogen) atoms. The maximum Gasteiger partial charge on any atom is 0.418 e. The van der Waals surface area contributed by atoms with Crippen LogP contribution in [0.15, 0.2) is 18.2 Å². The first kappa shape index (κ1) is 11.7.